The van der Waals surface area contributed by atoms with Crippen molar-refractivity contribution in [3.8, 4) is 0 Å². The number of carbonyl (C=O) groups is 3. The Morgan fingerprint density at radius 1 is 1.23 bits per heavy atom. The number of alkyl halides is 2. The van der Waals surface area contributed by atoms with E-state index in [0.29, 0.717) is 11.3 Å². The zero-order valence-electron chi connectivity index (χ0n) is 17.3. The second kappa shape index (κ2) is 8.39. The monoisotopic (exact) mass is 425 g/mol. The quantitative estimate of drug-likeness (QED) is 0.361. The van der Waals surface area contributed by atoms with Crippen LogP contribution in [0.15, 0.2) is 18.2 Å². The molecule has 7 nitrogen and oxygen atoms in total. The topological polar surface area (TPSA) is 85.4 Å². The van der Waals surface area contributed by atoms with Gasteiger partial charge in [-0.3, -0.25) is 19.3 Å². The molecule has 1 aromatic carbocycles. The van der Waals surface area contributed by atoms with Gasteiger partial charge in [-0.1, -0.05) is 6.07 Å². The smallest absolute Gasteiger partial charge is 0.313 e. The van der Waals surface area contributed by atoms with E-state index in [9.17, 15) is 23.2 Å². The molecule has 0 bridgehead atoms. The van der Waals surface area contributed by atoms with Crippen molar-refractivity contribution in [1.29, 1.82) is 0 Å². The van der Waals surface area contributed by atoms with E-state index < -0.39 is 54.5 Å². The molecule has 3 atom stereocenters. The summed E-state index contributed by atoms with van der Waals surface area (Å²) in [6, 6.07) is 4.48. The molecule has 0 spiro atoms. The van der Waals surface area contributed by atoms with E-state index in [1.165, 1.54) is 17.0 Å². The molecule has 2 heterocycles. The fourth-order valence-electron chi connectivity index (χ4n) is 3.41. The lowest BCUT2D eigenvalue weighted by atomic mass is 9.92. The largest absolute Gasteiger partial charge is 0.466 e. The number of nitrogens with zero attached hydrogens (tertiary/aromatic N) is 1. The molecule has 0 aromatic heterocycles. The van der Waals surface area contributed by atoms with Crippen LogP contribution in [-0.4, -0.2) is 48.8 Å². The molecule has 0 aliphatic carbocycles. The summed E-state index contributed by atoms with van der Waals surface area (Å²) in [5.41, 5.74) is 0.315. The lowest BCUT2D eigenvalue weighted by molar-refractivity contribution is -0.145. The molecule has 0 saturated carbocycles. The molecule has 1 saturated heterocycles. The molecule has 2 aliphatic heterocycles. The van der Waals surface area contributed by atoms with Crippen molar-refractivity contribution in [2.45, 2.75) is 71.0 Å². The van der Waals surface area contributed by atoms with E-state index in [1.54, 1.807) is 13.0 Å². The van der Waals surface area contributed by atoms with Gasteiger partial charge in [-0.25, -0.2) is 8.78 Å². The first kappa shape index (κ1) is 22.3. The van der Waals surface area contributed by atoms with Crippen LogP contribution in [-0.2, 0) is 23.8 Å². The Hall–Kier alpha value is -2.39. The number of Topliss-reactive ketones (excluding diaryl/α,β-unsaturated/α-hetero) is 1. The summed E-state index contributed by atoms with van der Waals surface area (Å²) in [6.07, 6.45) is -4.55. The van der Waals surface area contributed by atoms with Gasteiger partial charge >= 0.3 is 11.9 Å². The minimum absolute atomic E-state index is 0.105. The molecular weight excluding hydrogens is 400 g/mol. The zero-order chi connectivity index (χ0) is 22.2. The first-order chi connectivity index (χ1) is 14.0. The van der Waals surface area contributed by atoms with E-state index >= 15 is 0 Å². The van der Waals surface area contributed by atoms with Gasteiger partial charge < -0.3 is 14.2 Å². The van der Waals surface area contributed by atoms with Gasteiger partial charge in [0.05, 0.1) is 29.4 Å². The Morgan fingerprint density at radius 2 is 1.93 bits per heavy atom. The minimum Gasteiger partial charge on any atom is -0.466 e. The normalized spacial score (nSPS) is 21.8. The summed E-state index contributed by atoms with van der Waals surface area (Å²) in [6.45, 7) is 7.26. The summed E-state index contributed by atoms with van der Waals surface area (Å²) in [4.78, 5) is 38.6. The van der Waals surface area contributed by atoms with Crippen LogP contribution in [0.1, 0.15) is 62.4 Å². The van der Waals surface area contributed by atoms with Crippen LogP contribution in [0.25, 0.3) is 0 Å². The molecule has 1 amide bonds. The lowest BCUT2D eigenvalue weighted by Gasteiger charge is -2.20. The van der Waals surface area contributed by atoms with Crippen molar-refractivity contribution >= 4 is 23.3 Å². The zero-order valence-corrected chi connectivity index (χ0v) is 17.3. The van der Waals surface area contributed by atoms with Gasteiger partial charge in [0.2, 0.25) is 12.7 Å². The summed E-state index contributed by atoms with van der Waals surface area (Å²) >= 11 is 0. The number of esters is 1. The number of rotatable bonds is 8. The third kappa shape index (κ3) is 4.67. The standard InChI is InChI=1S/C21H25F2NO6/c1-5-28-19(27)12(7-9-15(22)23)11-6-8-14-13(10-11)16(25)17(26)24(14)18-20(29-18)30-21(2,3)4/h6,8,10,12,15,18,20H,5,7,9H2,1-4H3. The number of epoxide rings is 1. The highest BCUT2D eigenvalue weighted by molar-refractivity contribution is 6.52. The number of hydrogen-bond acceptors (Lipinski definition) is 6. The number of anilines is 1. The van der Waals surface area contributed by atoms with Crippen LogP contribution < -0.4 is 4.90 Å². The number of amides is 1. The Bertz CT molecular complexity index is 850. The lowest BCUT2D eigenvalue weighted by Crippen LogP contribution is -2.35. The van der Waals surface area contributed by atoms with Gasteiger partial charge in [0.25, 0.3) is 5.78 Å². The maximum atomic E-state index is 12.7. The fraction of sp³-hybridized carbons (Fsp3) is 0.571. The predicted molar refractivity (Wildman–Crippen MR) is 102 cm³/mol. The van der Waals surface area contributed by atoms with E-state index in [2.05, 4.69) is 0 Å². The average molecular weight is 425 g/mol. The average Bonchev–Trinajstić information content (AvgIpc) is 3.32. The number of halogens is 2. The van der Waals surface area contributed by atoms with Gasteiger partial charge in [0.15, 0.2) is 6.23 Å². The highest BCUT2D eigenvalue weighted by Crippen LogP contribution is 2.41. The molecule has 1 aromatic rings. The second-order valence-corrected chi connectivity index (χ2v) is 8.18. The van der Waals surface area contributed by atoms with E-state index in [1.807, 2.05) is 20.8 Å². The highest BCUT2D eigenvalue weighted by atomic mass is 19.3. The summed E-state index contributed by atoms with van der Waals surface area (Å²) in [7, 11) is 0. The Morgan fingerprint density at radius 3 is 2.53 bits per heavy atom. The molecule has 3 unspecified atom stereocenters. The molecule has 164 valence electrons. The first-order valence-corrected chi connectivity index (χ1v) is 9.83. The third-order valence-electron chi connectivity index (χ3n) is 4.74. The molecule has 3 rings (SSSR count). The van der Waals surface area contributed by atoms with Gasteiger partial charge in [0.1, 0.15) is 0 Å². The number of ketones is 1. The summed E-state index contributed by atoms with van der Waals surface area (Å²) in [5, 5.41) is 0. The van der Waals surface area contributed by atoms with Crippen molar-refractivity contribution in [3.05, 3.63) is 29.3 Å². The molecule has 9 heteroatoms. The Kier molecular flexibility index (Phi) is 6.24. The van der Waals surface area contributed by atoms with E-state index in [-0.39, 0.29) is 18.6 Å². The van der Waals surface area contributed by atoms with Crippen molar-refractivity contribution in [3.63, 3.8) is 0 Å². The molecular formula is C21H25F2NO6. The van der Waals surface area contributed by atoms with Crippen LogP contribution in [0.2, 0.25) is 0 Å². The van der Waals surface area contributed by atoms with Crippen LogP contribution in [0.4, 0.5) is 14.5 Å². The second-order valence-electron chi connectivity index (χ2n) is 8.18. The number of benzene rings is 1. The Labute approximate surface area is 173 Å². The number of ether oxygens (including phenoxy) is 3. The SMILES string of the molecule is CCOC(=O)C(CCC(F)F)c1ccc2c(c1)C(=O)C(=O)N2C1OC1OC(C)(C)C. The van der Waals surface area contributed by atoms with Crippen molar-refractivity contribution in [1.82, 2.24) is 0 Å². The summed E-state index contributed by atoms with van der Waals surface area (Å²) in [5.74, 6) is -3.09. The van der Waals surface area contributed by atoms with Crippen molar-refractivity contribution in [2.24, 2.45) is 0 Å². The van der Waals surface area contributed by atoms with Gasteiger partial charge in [0, 0.05) is 6.42 Å². The highest BCUT2D eigenvalue weighted by Gasteiger charge is 2.54. The van der Waals surface area contributed by atoms with Gasteiger partial charge in [-0.05, 0) is 51.8 Å². The number of hydrogen-bond donors (Lipinski definition) is 0. The van der Waals surface area contributed by atoms with Crippen molar-refractivity contribution in [2.75, 3.05) is 11.5 Å². The molecule has 0 radical (unpaired) electrons. The molecule has 2 aliphatic rings. The van der Waals surface area contributed by atoms with Crippen LogP contribution >= 0.6 is 0 Å². The maximum absolute atomic E-state index is 12.7. The summed E-state index contributed by atoms with van der Waals surface area (Å²) < 4.78 is 41.6. The molecule has 0 N–H and O–H groups in total. The van der Waals surface area contributed by atoms with Gasteiger partial charge in [-0.15, -0.1) is 0 Å². The third-order valence-corrected chi connectivity index (χ3v) is 4.74. The maximum Gasteiger partial charge on any atom is 0.313 e. The predicted octanol–water partition coefficient (Wildman–Crippen LogP) is 3.41. The Balaban J connectivity index is 1.86. The van der Waals surface area contributed by atoms with Crippen LogP contribution in [0.3, 0.4) is 0 Å². The van der Waals surface area contributed by atoms with Crippen molar-refractivity contribution < 1.29 is 37.4 Å². The van der Waals surface area contributed by atoms with E-state index in [4.69, 9.17) is 14.2 Å². The van der Waals surface area contributed by atoms with Crippen LogP contribution in [0, 0.1) is 0 Å². The van der Waals surface area contributed by atoms with E-state index in [0.717, 1.165) is 0 Å². The molecule has 30 heavy (non-hydrogen) atoms. The fourth-order valence-corrected chi connectivity index (χ4v) is 3.41. The number of carbonyl (C=O) groups excluding carboxylic acids is 3. The van der Waals surface area contributed by atoms with Gasteiger partial charge in [-0.2, -0.15) is 0 Å². The minimum atomic E-state index is -2.57. The van der Waals surface area contributed by atoms with Crippen LogP contribution in [0.5, 0.6) is 0 Å². The number of fused-ring (bicyclic) bond motifs is 1. The first-order valence-electron chi connectivity index (χ1n) is 9.83. The molecule has 1 fully saturated rings.